The maximum atomic E-state index is 12.4. The number of thiophene rings is 1. The van der Waals surface area contributed by atoms with Crippen molar-refractivity contribution in [3.8, 4) is 0 Å². The number of hydrogen-bond donors (Lipinski definition) is 2. The average molecular weight is 277 g/mol. The van der Waals surface area contributed by atoms with Crippen molar-refractivity contribution in [3.05, 3.63) is 23.2 Å². The molecule has 1 aliphatic rings. The van der Waals surface area contributed by atoms with E-state index in [2.05, 4.69) is 4.98 Å². The molecule has 100 valence electrons. The number of nitrogen functional groups attached to an aromatic ring is 1. The summed E-state index contributed by atoms with van der Waals surface area (Å²) >= 11 is 1.39. The van der Waals surface area contributed by atoms with Crippen LogP contribution >= 0.6 is 11.3 Å². The molecule has 0 spiro atoms. The van der Waals surface area contributed by atoms with Crippen molar-refractivity contribution in [1.82, 2.24) is 9.88 Å². The molecule has 6 heteroatoms. The minimum Gasteiger partial charge on any atom is -0.396 e. The van der Waals surface area contributed by atoms with Crippen LogP contribution in [0.25, 0.3) is 10.2 Å². The maximum Gasteiger partial charge on any atom is 0.266 e. The molecule has 0 unspecified atom stereocenters. The molecule has 0 saturated carbocycles. The first-order valence-electron chi connectivity index (χ1n) is 6.27. The highest BCUT2D eigenvalue weighted by Gasteiger charge is 2.26. The number of anilines is 1. The molecule has 19 heavy (non-hydrogen) atoms. The van der Waals surface area contributed by atoms with Crippen molar-refractivity contribution < 1.29 is 9.90 Å². The quantitative estimate of drug-likeness (QED) is 0.827. The van der Waals surface area contributed by atoms with E-state index in [1.54, 1.807) is 11.1 Å². The molecule has 3 heterocycles. The van der Waals surface area contributed by atoms with Crippen molar-refractivity contribution in [2.45, 2.75) is 18.9 Å². The van der Waals surface area contributed by atoms with Gasteiger partial charge >= 0.3 is 0 Å². The molecule has 0 atom stereocenters. The van der Waals surface area contributed by atoms with E-state index >= 15 is 0 Å². The highest BCUT2D eigenvalue weighted by molar-refractivity contribution is 7.21. The van der Waals surface area contributed by atoms with Gasteiger partial charge in [0.2, 0.25) is 0 Å². The SMILES string of the molecule is Nc1c(C(=O)N2CCC(O)CC2)sc2cccnc12. The number of aromatic nitrogens is 1. The van der Waals surface area contributed by atoms with Gasteiger partial charge in [0.25, 0.3) is 5.91 Å². The topological polar surface area (TPSA) is 79.5 Å². The number of aliphatic hydroxyl groups is 1. The molecular formula is C13H15N3O2S. The lowest BCUT2D eigenvalue weighted by molar-refractivity contribution is 0.0551. The lowest BCUT2D eigenvalue weighted by atomic mass is 10.1. The number of rotatable bonds is 1. The highest BCUT2D eigenvalue weighted by atomic mass is 32.1. The predicted octanol–water partition coefficient (Wildman–Crippen LogP) is 1.48. The van der Waals surface area contributed by atoms with Crippen LogP contribution < -0.4 is 5.73 Å². The minimum atomic E-state index is -0.287. The highest BCUT2D eigenvalue weighted by Crippen LogP contribution is 2.33. The van der Waals surface area contributed by atoms with Crippen molar-refractivity contribution in [2.24, 2.45) is 0 Å². The summed E-state index contributed by atoms with van der Waals surface area (Å²) in [4.78, 5) is 19.0. The third-order valence-corrected chi connectivity index (χ3v) is 4.58. The van der Waals surface area contributed by atoms with E-state index in [9.17, 15) is 9.90 Å². The molecule has 1 aliphatic heterocycles. The largest absolute Gasteiger partial charge is 0.396 e. The lowest BCUT2D eigenvalue weighted by Crippen LogP contribution is -2.39. The summed E-state index contributed by atoms with van der Waals surface area (Å²) in [5.41, 5.74) is 7.20. The summed E-state index contributed by atoms with van der Waals surface area (Å²) in [7, 11) is 0. The summed E-state index contributed by atoms with van der Waals surface area (Å²) in [6.07, 6.45) is 2.66. The molecule has 2 aromatic rings. The van der Waals surface area contributed by atoms with Crippen LogP contribution in [0.2, 0.25) is 0 Å². The molecule has 1 amide bonds. The zero-order valence-corrected chi connectivity index (χ0v) is 11.2. The monoisotopic (exact) mass is 277 g/mol. The zero-order chi connectivity index (χ0) is 13.4. The van der Waals surface area contributed by atoms with Gasteiger partial charge < -0.3 is 15.7 Å². The van der Waals surface area contributed by atoms with Crippen LogP contribution in [0, 0.1) is 0 Å². The molecule has 1 fully saturated rings. The molecule has 0 aliphatic carbocycles. The normalized spacial score (nSPS) is 17.0. The number of fused-ring (bicyclic) bond motifs is 1. The standard InChI is InChI=1S/C13H15N3O2S/c14-10-11-9(2-1-5-15-11)19-12(10)13(18)16-6-3-8(17)4-7-16/h1-2,5,8,17H,3-4,6-7,14H2. The minimum absolute atomic E-state index is 0.0487. The second-order valence-electron chi connectivity index (χ2n) is 4.72. The number of amides is 1. The zero-order valence-electron chi connectivity index (χ0n) is 10.4. The first-order chi connectivity index (χ1) is 9.16. The number of carbonyl (C=O) groups is 1. The number of hydrogen-bond acceptors (Lipinski definition) is 5. The van der Waals surface area contributed by atoms with Crippen LogP contribution in [0.5, 0.6) is 0 Å². The van der Waals surface area contributed by atoms with Gasteiger partial charge in [-0.2, -0.15) is 0 Å². The Morgan fingerprint density at radius 1 is 1.47 bits per heavy atom. The van der Waals surface area contributed by atoms with Crippen molar-refractivity contribution in [1.29, 1.82) is 0 Å². The smallest absolute Gasteiger partial charge is 0.266 e. The van der Waals surface area contributed by atoms with Gasteiger partial charge in [-0.1, -0.05) is 0 Å². The van der Waals surface area contributed by atoms with Gasteiger partial charge in [0.1, 0.15) is 10.4 Å². The Kier molecular flexibility index (Phi) is 3.12. The second kappa shape index (κ2) is 4.79. The maximum absolute atomic E-state index is 12.4. The second-order valence-corrected chi connectivity index (χ2v) is 5.77. The summed E-state index contributed by atoms with van der Waals surface area (Å²) in [6, 6.07) is 3.75. The van der Waals surface area contributed by atoms with E-state index in [0.29, 0.717) is 42.0 Å². The van der Waals surface area contributed by atoms with Gasteiger partial charge in [-0.3, -0.25) is 9.78 Å². The molecule has 1 saturated heterocycles. The predicted molar refractivity (Wildman–Crippen MR) is 75.2 cm³/mol. The first kappa shape index (κ1) is 12.4. The Morgan fingerprint density at radius 2 is 2.21 bits per heavy atom. The van der Waals surface area contributed by atoms with Crippen LogP contribution in [-0.2, 0) is 0 Å². The Labute approximate surface area is 114 Å². The van der Waals surface area contributed by atoms with E-state index in [0.717, 1.165) is 4.70 Å². The average Bonchev–Trinajstić information content (AvgIpc) is 2.77. The first-order valence-corrected chi connectivity index (χ1v) is 7.09. The number of pyridine rings is 1. The lowest BCUT2D eigenvalue weighted by Gasteiger charge is -2.29. The van der Waals surface area contributed by atoms with E-state index in [4.69, 9.17) is 5.73 Å². The van der Waals surface area contributed by atoms with Gasteiger partial charge in [0.05, 0.1) is 16.5 Å². The summed E-state index contributed by atoms with van der Waals surface area (Å²) in [5, 5.41) is 9.48. The number of piperidine rings is 1. The van der Waals surface area contributed by atoms with E-state index in [1.165, 1.54) is 11.3 Å². The van der Waals surface area contributed by atoms with Crippen LogP contribution in [0.3, 0.4) is 0 Å². The molecular weight excluding hydrogens is 262 g/mol. The molecule has 3 rings (SSSR count). The Balaban J connectivity index is 1.91. The van der Waals surface area contributed by atoms with Crippen LogP contribution in [0.15, 0.2) is 18.3 Å². The van der Waals surface area contributed by atoms with Crippen molar-refractivity contribution >= 4 is 33.1 Å². The van der Waals surface area contributed by atoms with Crippen LogP contribution in [-0.4, -0.2) is 40.1 Å². The fourth-order valence-corrected chi connectivity index (χ4v) is 3.37. The number of nitrogens with two attached hydrogens (primary N) is 1. The number of nitrogens with zero attached hydrogens (tertiary/aromatic N) is 2. The van der Waals surface area contributed by atoms with Gasteiger partial charge in [-0.05, 0) is 25.0 Å². The Morgan fingerprint density at radius 3 is 2.89 bits per heavy atom. The molecule has 0 radical (unpaired) electrons. The molecule has 5 nitrogen and oxygen atoms in total. The van der Waals surface area contributed by atoms with Crippen LogP contribution in [0.4, 0.5) is 5.69 Å². The Hall–Kier alpha value is -1.66. The summed E-state index contributed by atoms with van der Waals surface area (Å²) < 4.78 is 0.931. The van der Waals surface area contributed by atoms with E-state index in [-0.39, 0.29) is 12.0 Å². The number of likely N-dealkylation sites (tertiary alicyclic amines) is 1. The fraction of sp³-hybridized carbons (Fsp3) is 0.385. The summed E-state index contributed by atoms with van der Waals surface area (Å²) in [6.45, 7) is 1.17. The number of carbonyl (C=O) groups excluding carboxylic acids is 1. The van der Waals surface area contributed by atoms with Crippen molar-refractivity contribution in [3.63, 3.8) is 0 Å². The molecule has 0 aromatic carbocycles. The Bertz CT molecular complexity index is 617. The third-order valence-electron chi connectivity index (χ3n) is 3.43. The van der Waals surface area contributed by atoms with Gasteiger partial charge in [0.15, 0.2) is 0 Å². The third kappa shape index (κ3) is 2.17. The fourth-order valence-electron chi connectivity index (χ4n) is 2.32. The van der Waals surface area contributed by atoms with E-state index < -0.39 is 0 Å². The molecule has 3 N–H and O–H groups in total. The van der Waals surface area contributed by atoms with Gasteiger partial charge in [0, 0.05) is 19.3 Å². The van der Waals surface area contributed by atoms with Crippen molar-refractivity contribution in [2.75, 3.05) is 18.8 Å². The molecule has 0 bridgehead atoms. The van der Waals surface area contributed by atoms with E-state index in [1.807, 2.05) is 12.1 Å². The number of aliphatic hydroxyl groups excluding tert-OH is 1. The van der Waals surface area contributed by atoms with Crippen LogP contribution in [0.1, 0.15) is 22.5 Å². The summed E-state index contributed by atoms with van der Waals surface area (Å²) in [5.74, 6) is -0.0487. The molecule has 2 aromatic heterocycles. The van der Waals surface area contributed by atoms with Gasteiger partial charge in [-0.25, -0.2) is 0 Å². The van der Waals surface area contributed by atoms with Gasteiger partial charge in [-0.15, -0.1) is 11.3 Å².